The first kappa shape index (κ1) is 9.97. The van der Waals surface area contributed by atoms with E-state index in [0.717, 1.165) is 0 Å². The van der Waals surface area contributed by atoms with Gasteiger partial charge < -0.3 is 0 Å². The third-order valence-electron chi connectivity index (χ3n) is 2.61. The molecule has 2 rings (SSSR count). The molecule has 0 nitrogen and oxygen atoms in total. The Morgan fingerprint density at radius 3 is 2.27 bits per heavy atom. The highest BCUT2D eigenvalue weighted by Gasteiger charge is 2.06. The summed E-state index contributed by atoms with van der Waals surface area (Å²) < 4.78 is 0. The molecule has 0 amide bonds. The van der Waals surface area contributed by atoms with Crippen LogP contribution in [0.2, 0.25) is 0 Å². The Morgan fingerprint density at radius 2 is 1.60 bits per heavy atom. The first-order chi connectivity index (χ1) is 7.29. The molecule has 0 bridgehead atoms. The van der Waals surface area contributed by atoms with Crippen molar-refractivity contribution in [3.8, 4) is 11.1 Å². The summed E-state index contributed by atoms with van der Waals surface area (Å²) >= 11 is 0. The summed E-state index contributed by atoms with van der Waals surface area (Å²) in [6.07, 6.45) is 0. The lowest BCUT2D eigenvalue weighted by Gasteiger charge is -2.12. The Kier molecular flexibility index (Phi) is 2.86. The van der Waals surface area contributed by atoms with E-state index in [2.05, 4.69) is 56.3 Å². The molecule has 0 fully saturated rings. The van der Waals surface area contributed by atoms with Crippen LogP contribution in [0.5, 0.6) is 0 Å². The van der Waals surface area contributed by atoms with Gasteiger partial charge in [-0.25, -0.2) is 0 Å². The van der Waals surface area contributed by atoms with Crippen LogP contribution in [0.3, 0.4) is 0 Å². The molecule has 0 aliphatic rings. The highest BCUT2D eigenvalue weighted by molar-refractivity contribution is 5.67. The maximum absolute atomic E-state index is 3.05. The topological polar surface area (TPSA) is 0 Å². The van der Waals surface area contributed by atoms with E-state index in [4.69, 9.17) is 0 Å². The SMILES string of the molecule is CC(C)c1ccccc1-c1cc[c]cc1. The maximum Gasteiger partial charge on any atom is -0.0149 e. The molecule has 0 spiro atoms. The van der Waals surface area contributed by atoms with E-state index in [1.54, 1.807) is 0 Å². The second kappa shape index (κ2) is 4.31. The summed E-state index contributed by atoms with van der Waals surface area (Å²) in [5, 5.41) is 0. The second-order valence-electron chi connectivity index (χ2n) is 4.03. The van der Waals surface area contributed by atoms with Crippen LogP contribution in [0.15, 0.2) is 48.5 Å². The van der Waals surface area contributed by atoms with Gasteiger partial charge in [0.15, 0.2) is 0 Å². The van der Waals surface area contributed by atoms with Crippen molar-refractivity contribution < 1.29 is 0 Å². The fraction of sp³-hybridized carbons (Fsp3) is 0.200. The van der Waals surface area contributed by atoms with Crippen LogP contribution in [0, 0.1) is 6.07 Å². The summed E-state index contributed by atoms with van der Waals surface area (Å²) in [6, 6.07) is 19.8. The van der Waals surface area contributed by atoms with Crippen LogP contribution in [0.1, 0.15) is 25.3 Å². The Bertz CT molecular complexity index is 427. The van der Waals surface area contributed by atoms with Crippen molar-refractivity contribution in [2.75, 3.05) is 0 Å². The van der Waals surface area contributed by atoms with Gasteiger partial charge in [-0.15, -0.1) is 0 Å². The van der Waals surface area contributed by atoms with E-state index in [1.165, 1.54) is 16.7 Å². The zero-order valence-corrected chi connectivity index (χ0v) is 9.20. The third-order valence-corrected chi connectivity index (χ3v) is 2.61. The molecule has 2 aromatic rings. The van der Waals surface area contributed by atoms with Crippen LogP contribution >= 0.6 is 0 Å². The molecule has 15 heavy (non-hydrogen) atoms. The molecule has 0 heterocycles. The van der Waals surface area contributed by atoms with Gasteiger partial charge in [0.25, 0.3) is 0 Å². The molecule has 0 aliphatic carbocycles. The zero-order valence-electron chi connectivity index (χ0n) is 9.20. The lowest BCUT2D eigenvalue weighted by Crippen LogP contribution is -1.91. The molecule has 0 heteroatoms. The molecule has 0 aliphatic heterocycles. The van der Waals surface area contributed by atoms with Crippen LogP contribution in [-0.4, -0.2) is 0 Å². The first-order valence-electron chi connectivity index (χ1n) is 5.34. The summed E-state index contributed by atoms with van der Waals surface area (Å²) in [6.45, 7) is 4.46. The smallest absolute Gasteiger partial charge is 0.0149 e. The van der Waals surface area contributed by atoms with E-state index in [9.17, 15) is 0 Å². The van der Waals surface area contributed by atoms with Gasteiger partial charge in [-0.3, -0.25) is 0 Å². The van der Waals surface area contributed by atoms with Gasteiger partial charge in [-0.05, 0) is 28.7 Å². The summed E-state index contributed by atoms with van der Waals surface area (Å²) in [5.41, 5.74) is 4.02. The van der Waals surface area contributed by atoms with Crippen LogP contribution in [0.25, 0.3) is 11.1 Å². The van der Waals surface area contributed by atoms with Gasteiger partial charge in [-0.1, -0.05) is 62.4 Å². The standard InChI is InChI=1S/C15H15/c1-12(2)14-10-6-7-11-15(14)13-8-4-3-5-9-13/h4-12H,1-2H3. The predicted molar refractivity (Wildman–Crippen MR) is 64.8 cm³/mol. The highest BCUT2D eigenvalue weighted by atomic mass is 14.1. The van der Waals surface area contributed by atoms with Crippen molar-refractivity contribution >= 4 is 0 Å². The molecule has 0 saturated heterocycles. The zero-order chi connectivity index (χ0) is 10.7. The van der Waals surface area contributed by atoms with Crippen molar-refractivity contribution in [3.05, 3.63) is 60.2 Å². The summed E-state index contributed by atoms with van der Waals surface area (Å²) in [4.78, 5) is 0. The van der Waals surface area contributed by atoms with E-state index in [0.29, 0.717) is 5.92 Å². The van der Waals surface area contributed by atoms with Gasteiger partial charge in [0.1, 0.15) is 0 Å². The fourth-order valence-corrected chi connectivity index (χ4v) is 1.83. The minimum atomic E-state index is 0.561. The van der Waals surface area contributed by atoms with Gasteiger partial charge >= 0.3 is 0 Å². The van der Waals surface area contributed by atoms with E-state index in [1.807, 2.05) is 12.1 Å². The molecule has 0 saturated carbocycles. The average molecular weight is 195 g/mol. The number of benzene rings is 2. The number of hydrogen-bond acceptors (Lipinski definition) is 0. The monoisotopic (exact) mass is 195 g/mol. The Hall–Kier alpha value is -1.56. The molecule has 0 unspecified atom stereocenters. The van der Waals surface area contributed by atoms with Gasteiger partial charge in [0.2, 0.25) is 0 Å². The van der Waals surface area contributed by atoms with Crippen molar-refractivity contribution in [1.82, 2.24) is 0 Å². The minimum absolute atomic E-state index is 0.561. The molecule has 0 aromatic heterocycles. The molecule has 1 radical (unpaired) electrons. The largest absolute Gasteiger partial charge is 0.0619 e. The van der Waals surface area contributed by atoms with Crippen molar-refractivity contribution in [2.45, 2.75) is 19.8 Å². The maximum atomic E-state index is 3.05. The van der Waals surface area contributed by atoms with Crippen molar-refractivity contribution in [2.24, 2.45) is 0 Å². The predicted octanol–water partition coefficient (Wildman–Crippen LogP) is 4.28. The summed E-state index contributed by atoms with van der Waals surface area (Å²) in [7, 11) is 0. The van der Waals surface area contributed by atoms with Crippen LogP contribution in [-0.2, 0) is 0 Å². The van der Waals surface area contributed by atoms with E-state index < -0.39 is 0 Å². The summed E-state index contributed by atoms with van der Waals surface area (Å²) in [5.74, 6) is 0.561. The lowest BCUT2D eigenvalue weighted by molar-refractivity contribution is 0.869. The highest BCUT2D eigenvalue weighted by Crippen LogP contribution is 2.28. The molecule has 75 valence electrons. The van der Waals surface area contributed by atoms with Crippen LogP contribution in [0.4, 0.5) is 0 Å². The number of hydrogen-bond donors (Lipinski definition) is 0. The molecule has 0 N–H and O–H groups in total. The second-order valence-corrected chi connectivity index (χ2v) is 4.03. The molecule has 2 aromatic carbocycles. The van der Waals surface area contributed by atoms with Gasteiger partial charge in [0.05, 0.1) is 0 Å². The van der Waals surface area contributed by atoms with E-state index >= 15 is 0 Å². The molecular weight excluding hydrogens is 180 g/mol. The number of rotatable bonds is 2. The van der Waals surface area contributed by atoms with Crippen molar-refractivity contribution in [3.63, 3.8) is 0 Å². The quantitative estimate of drug-likeness (QED) is 0.671. The normalized spacial score (nSPS) is 10.6. The van der Waals surface area contributed by atoms with Gasteiger partial charge in [-0.2, -0.15) is 0 Å². The first-order valence-corrected chi connectivity index (χ1v) is 5.34. The van der Waals surface area contributed by atoms with Crippen molar-refractivity contribution in [1.29, 1.82) is 0 Å². The Morgan fingerprint density at radius 1 is 0.933 bits per heavy atom. The molecule has 0 atom stereocenters. The Balaban J connectivity index is 2.53. The van der Waals surface area contributed by atoms with E-state index in [-0.39, 0.29) is 0 Å². The van der Waals surface area contributed by atoms with Crippen LogP contribution < -0.4 is 0 Å². The minimum Gasteiger partial charge on any atom is -0.0619 e. The van der Waals surface area contributed by atoms with Gasteiger partial charge in [0, 0.05) is 0 Å². The molecular formula is C15H15. The fourth-order valence-electron chi connectivity index (χ4n) is 1.83. The lowest BCUT2D eigenvalue weighted by atomic mass is 9.93. The third kappa shape index (κ3) is 2.10. The Labute approximate surface area is 91.6 Å². The average Bonchev–Trinajstić information content (AvgIpc) is 2.30.